The molecule has 0 amide bonds. The van der Waals surface area contributed by atoms with E-state index in [0.717, 1.165) is 0 Å². The average Bonchev–Trinajstić information content (AvgIpc) is 1.21. The fourth-order valence-corrected chi connectivity index (χ4v) is 0.468. The molecule has 0 atom stereocenters. The molecule has 0 aromatic rings. The Labute approximate surface area is 103 Å². The molecule has 0 saturated carbocycles. The monoisotopic (exact) mass is 188 g/mol. The van der Waals surface area contributed by atoms with Crippen LogP contribution in [0.4, 0.5) is 0 Å². The number of rotatable bonds is 2. The first kappa shape index (κ1) is 17.5. The summed E-state index contributed by atoms with van der Waals surface area (Å²) in [6.07, 6.45) is 0. The van der Waals surface area contributed by atoms with Gasteiger partial charge in [0.1, 0.15) is 0 Å². The van der Waals surface area contributed by atoms with Crippen molar-refractivity contribution in [3.8, 4) is 0 Å². The van der Waals surface area contributed by atoms with E-state index in [-0.39, 0.29) is 59.1 Å². The van der Waals surface area contributed by atoms with Gasteiger partial charge in [-0.2, -0.15) is 8.42 Å². The summed E-state index contributed by atoms with van der Waals surface area (Å²) in [5.41, 5.74) is 0. The van der Waals surface area contributed by atoms with Gasteiger partial charge in [0.25, 0.3) is 10.1 Å². The van der Waals surface area contributed by atoms with E-state index in [2.05, 4.69) is 0 Å². The molecule has 10 heavy (non-hydrogen) atoms. The van der Waals surface area contributed by atoms with Crippen molar-refractivity contribution < 1.29 is 22.9 Å². The maximum absolute atomic E-state index is 9.62. The summed E-state index contributed by atoms with van der Waals surface area (Å²) < 4.78 is 27.0. The van der Waals surface area contributed by atoms with E-state index in [4.69, 9.17) is 9.66 Å². The van der Waals surface area contributed by atoms with Crippen LogP contribution in [0.5, 0.6) is 0 Å². The quantitative estimate of drug-likeness (QED) is 0.374. The van der Waals surface area contributed by atoms with E-state index in [9.17, 15) is 13.2 Å². The second-order valence-corrected chi connectivity index (χ2v) is 2.57. The Hall–Kier alpha value is 1.38. The Morgan fingerprint density at radius 1 is 1.30 bits per heavy atom. The summed E-state index contributed by atoms with van der Waals surface area (Å²) in [5.74, 6) is -2.79. The number of carbonyl (C=O) groups is 1. The van der Waals surface area contributed by atoms with Crippen LogP contribution in [0.2, 0.25) is 0 Å². The fourth-order valence-electron chi connectivity index (χ4n) is 0.156. The fraction of sp³-hybridized carbons (Fsp3) is 0.500. The van der Waals surface area contributed by atoms with Crippen LogP contribution >= 0.6 is 0 Å². The Kier molecular flexibility index (Phi) is 12.3. The molecule has 0 rings (SSSR count). The van der Waals surface area contributed by atoms with E-state index >= 15 is 0 Å². The third kappa shape index (κ3) is 16.2. The normalized spacial score (nSPS) is 8.90. The van der Waals surface area contributed by atoms with Gasteiger partial charge in [0.15, 0.2) is 5.75 Å². The Morgan fingerprint density at radius 2 is 1.60 bits per heavy atom. The van der Waals surface area contributed by atoms with Crippen molar-refractivity contribution in [1.29, 1.82) is 0 Å². The standard InChI is InChI=1S/C2H4O5S.2Na.2H/c3-2(4)1-8(5,6)7;;;;/h1H2,(H,3,4)(H,5,6,7);;;;. The first-order chi connectivity index (χ1) is 3.42. The van der Waals surface area contributed by atoms with Crippen LogP contribution in [-0.2, 0) is 14.9 Å². The van der Waals surface area contributed by atoms with E-state index < -0.39 is 21.8 Å². The second kappa shape index (κ2) is 7.05. The van der Waals surface area contributed by atoms with Gasteiger partial charge in [-0.15, -0.1) is 0 Å². The predicted molar refractivity (Wildman–Crippen MR) is 38.3 cm³/mol. The van der Waals surface area contributed by atoms with Crippen molar-refractivity contribution in [3.05, 3.63) is 0 Å². The van der Waals surface area contributed by atoms with Gasteiger partial charge in [0.2, 0.25) is 0 Å². The molecule has 2 N–H and O–H groups in total. The van der Waals surface area contributed by atoms with Crippen LogP contribution in [0.15, 0.2) is 0 Å². The summed E-state index contributed by atoms with van der Waals surface area (Å²) in [6.45, 7) is 0. The van der Waals surface area contributed by atoms with E-state index in [1.165, 1.54) is 0 Å². The van der Waals surface area contributed by atoms with Gasteiger partial charge >= 0.3 is 65.1 Å². The SMILES string of the molecule is O=C(O)CS(=O)(=O)O.[NaH].[NaH]. The molecule has 0 aromatic heterocycles. The average molecular weight is 188 g/mol. The van der Waals surface area contributed by atoms with Crippen LogP contribution in [0, 0.1) is 0 Å². The van der Waals surface area contributed by atoms with Crippen LogP contribution in [0.25, 0.3) is 0 Å². The van der Waals surface area contributed by atoms with Crippen LogP contribution in [-0.4, -0.2) is 88.9 Å². The van der Waals surface area contributed by atoms with Crippen LogP contribution < -0.4 is 0 Å². The molecule has 0 saturated heterocycles. The van der Waals surface area contributed by atoms with Crippen molar-refractivity contribution in [2.24, 2.45) is 0 Å². The van der Waals surface area contributed by atoms with E-state index in [0.29, 0.717) is 0 Å². The zero-order chi connectivity index (χ0) is 6.78. The van der Waals surface area contributed by atoms with Gasteiger partial charge in [-0.25, -0.2) is 0 Å². The molecule has 0 fully saturated rings. The molecule has 0 bridgehead atoms. The number of hydrogen-bond acceptors (Lipinski definition) is 3. The van der Waals surface area contributed by atoms with Crippen molar-refractivity contribution >= 4 is 75.2 Å². The predicted octanol–water partition coefficient (Wildman–Crippen LogP) is -2.34. The third-order valence-corrected chi connectivity index (χ3v) is 0.918. The Balaban J connectivity index is -0.000000245. The third-order valence-electron chi connectivity index (χ3n) is 0.306. The van der Waals surface area contributed by atoms with Crippen molar-refractivity contribution in [2.75, 3.05) is 5.75 Å². The van der Waals surface area contributed by atoms with Gasteiger partial charge in [-0.05, 0) is 0 Å². The second-order valence-electron chi connectivity index (χ2n) is 1.12. The molecule has 52 valence electrons. The zero-order valence-electron chi connectivity index (χ0n) is 3.73. The summed E-state index contributed by atoms with van der Waals surface area (Å²) in [4.78, 5) is 9.48. The molecular formula is C2H6Na2O5S. The molecule has 8 heteroatoms. The first-order valence-electron chi connectivity index (χ1n) is 1.59. The van der Waals surface area contributed by atoms with Crippen molar-refractivity contribution in [2.45, 2.75) is 0 Å². The number of carboxylic acid groups (broad SMARTS) is 1. The number of carboxylic acids is 1. The molecule has 0 heterocycles. The molecule has 0 spiro atoms. The topological polar surface area (TPSA) is 91.7 Å². The van der Waals surface area contributed by atoms with Crippen molar-refractivity contribution in [3.63, 3.8) is 0 Å². The molecular weight excluding hydrogens is 182 g/mol. The minimum atomic E-state index is -4.32. The number of aliphatic carboxylic acids is 1. The molecule has 0 aromatic carbocycles. The summed E-state index contributed by atoms with van der Waals surface area (Å²) in [7, 11) is -4.32. The first-order valence-corrected chi connectivity index (χ1v) is 3.20. The van der Waals surface area contributed by atoms with Gasteiger partial charge < -0.3 is 5.11 Å². The maximum atomic E-state index is 9.62. The van der Waals surface area contributed by atoms with Gasteiger partial charge in [0.05, 0.1) is 0 Å². The van der Waals surface area contributed by atoms with E-state index in [1.807, 2.05) is 0 Å². The molecule has 5 nitrogen and oxygen atoms in total. The van der Waals surface area contributed by atoms with Crippen LogP contribution in [0.1, 0.15) is 0 Å². The summed E-state index contributed by atoms with van der Waals surface area (Å²) in [5, 5.41) is 7.71. The summed E-state index contributed by atoms with van der Waals surface area (Å²) in [6, 6.07) is 0. The molecule has 0 unspecified atom stereocenters. The Bertz CT molecular complexity index is 184. The van der Waals surface area contributed by atoms with Crippen molar-refractivity contribution in [1.82, 2.24) is 0 Å². The molecule has 0 aliphatic rings. The molecule has 0 aliphatic heterocycles. The molecule has 0 aliphatic carbocycles. The van der Waals surface area contributed by atoms with E-state index in [1.54, 1.807) is 0 Å². The Morgan fingerprint density at radius 3 is 1.60 bits per heavy atom. The van der Waals surface area contributed by atoms with Gasteiger partial charge in [-0.1, -0.05) is 0 Å². The zero-order valence-corrected chi connectivity index (χ0v) is 4.55. The van der Waals surface area contributed by atoms with Gasteiger partial charge in [-0.3, -0.25) is 9.35 Å². The van der Waals surface area contributed by atoms with Gasteiger partial charge in [0, 0.05) is 0 Å². The van der Waals surface area contributed by atoms with Crippen LogP contribution in [0.3, 0.4) is 0 Å². The molecule has 0 radical (unpaired) electrons. The summed E-state index contributed by atoms with van der Waals surface area (Å²) >= 11 is 0. The minimum absolute atomic E-state index is 0. The number of hydrogen-bond donors (Lipinski definition) is 2.